The van der Waals surface area contributed by atoms with E-state index < -0.39 is 29.7 Å². The van der Waals surface area contributed by atoms with Crippen LogP contribution in [0.5, 0.6) is 5.75 Å². The minimum atomic E-state index is -1.19. The summed E-state index contributed by atoms with van der Waals surface area (Å²) < 4.78 is 11.0. The van der Waals surface area contributed by atoms with E-state index in [2.05, 4.69) is 15.9 Å². The van der Waals surface area contributed by atoms with Crippen molar-refractivity contribution in [1.29, 1.82) is 0 Å². The molecule has 0 radical (unpaired) electrons. The molecule has 0 N–H and O–H groups in total. The molecule has 27 heavy (non-hydrogen) atoms. The van der Waals surface area contributed by atoms with Crippen LogP contribution in [0.25, 0.3) is 0 Å². The molecule has 2 aromatic carbocycles. The van der Waals surface area contributed by atoms with Crippen LogP contribution in [0.4, 0.5) is 0 Å². The summed E-state index contributed by atoms with van der Waals surface area (Å²) in [6.45, 7) is 1.87. The van der Waals surface area contributed by atoms with Gasteiger partial charge in [-0.15, -0.1) is 0 Å². The molecule has 2 aromatic rings. The van der Waals surface area contributed by atoms with E-state index in [0.717, 1.165) is 4.47 Å². The molecule has 1 heterocycles. The normalized spacial score (nSPS) is 19.6. The van der Waals surface area contributed by atoms with Crippen LogP contribution in [-0.4, -0.2) is 24.8 Å². The highest BCUT2D eigenvalue weighted by Crippen LogP contribution is 2.45. The number of esters is 2. The summed E-state index contributed by atoms with van der Waals surface area (Å²) in [6.07, 6.45) is 0.463. The quantitative estimate of drug-likeness (QED) is 0.308. The van der Waals surface area contributed by atoms with Crippen LogP contribution >= 0.6 is 15.9 Å². The van der Waals surface area contributed by atoms with Gasteiger partial charge in [-0.1, -0.05) is 53.2 Å². The van der Waals surface area contributed by atoms with Crippen LogP contribution in [-0.2, 0) is 14.3 Å². The van der Waals surface area contributed by atoms with Gasteiger partial charge in [0.2, 0.25) is 0 Å². The molecule has 3 atom stereocenters. The van der Waals surface area contributed by atoms with E-state index in [-0.39, 0.29) is 5.78 Å². The van der Waals surface area contributed by atoms with Crippen molar-refractivity contribution >= 4 is 33.7 Å². The first-order valence-corrected chi connectivity index (χ1v) is 9.45. The third-order valence-corrected chi connectivity index (χ3v) is 5.37. The Morgan fingerprint density at radius 3 is 2.52 bits per heavy atom. The fourth-order valence-electron chi connectivity index (χ4n) is 3.61. The third kappa shape index (κ3) is 3.67. The van der Waals surface area contributed by atoms with E-state index in [1.54, 1.807) is 42.5 Å². The number of halogens is 1. The van der Waals surface area contributed by atoms with Gasteiger partial charge in [0.25, 0.3) is 0 Å². The summed E-state index contributed by atoms with van der Waals surface area (Å²) in [5, 5.41) is 0. The molecule has 0 saturated heterocycles. The van der Waals surface area contributed by atoms with Crippen LogP contribution in [0.1, 0.15) is 35.2 Å². The number of Topliss-reactive ketones (excluding diaryl/α,β-unsaturated/α-hetero) is 1. The molecule has 0 saturated carbocycles. The van der Waals surface area contributed by atoms with E-state index in [4.69, 9.17) is 9.47 Å². The monoisotopic (exact) mass is 430 g/mol. The van der Waals surface area contributed by atoms with Crippen molar-refractivity contribution in [3.63, 3.8) is 0 Å². The number of hydrogen-bond acceptors (Lipinski definition) is 5. The number of fused-ring (bicyclic) bond motifs is 1. The van der Waals surface area contributed by atoms with Crippen molar-refractivity contribution < 1.29 is 23.9 Å². The molecule has 5 nitrogen and oxygen atoms in total. The summed E-state index contributed by atoms with van der Waals surface area (Å²) >= 11 is 3.42. The van der Waals surface area contributed by atoms with Crippen LogP contribution < -0.4 is 4.74 Å². The van der Waals surface area contributed by atoms with E-state index in [9.17, 15) is 14.4 Å². The molecular weight excluding hydrogens is 412 g/mol. The molecule has 1 aliphatic heterocycles. The lowest BCUT2D eigenvalue weighted by molar-refractivity contribution is -0.158. The maximum Gasteiger partial charge on any atom is 0.326 e. The lowest BCUT2D eigenvalue weighted by atomic mass is 9.71. The van der Waals surface area contributed by atoms with Gasteiger partial charge in [0.05, 0.1) is 7.11 Å². The molecule has 0 unspecified atom stereocenters. The number of ether oxygens (including phenoxy) is 2. The third-order valence-electron chi connectivity index (χ3n) is 4.88. The zero-order valence-corrected chi connectivity index (χ0v) is 16.6. The first kappa shape index (κ1) is 19.3. The number of methoxy groups -OCH3 is 1. The van der Waals surface area contributed by atoms with Gasteiger partial charge in [0.1, 0.15) is 5.75 Å². The second-order valence-electron chi connectivity index (χ2n) is 6.37. The molecule has 3 rings (SSSR count). The Morgan fingerprint density at radius 1 is 1.19 bits per heavy atom. The number of ketones is 1. The minimum Gasteiger partial charge on any atom is -0.468 e. The van der Waals surface area contributed by atoms with Crippen molar-refractivity contribution in [3.05, 3.63) is 64.1 Å². The second kappa shape index (κ2) is 8.05. The number of carbonyl (C=O) groups is 3. The van der Waals surface area contributed by atoms with Gasteiger partial charge >= 0.3 is 11.9 Å². The van der Waals surface area contributed by atoms with Crippen molar-refractivity contribution in [2.45, 2.75) is 19.3 Å². The number of rotatable bonds is 5. The van der Waals surface area contributed by atoms with Crippen molar-refractivity contribution in [3.8, 4) is 5.75 Å². The molecular formula is C21H19BrO5. The topological polar surface area (TPSA) is 69.7 Å². The summed E-state index contributed by atoms with van der Waals surface area (Å²) in [6, 6.07) is 14.1. The summed E-state index contributed by atoms with van der Waals surface area (Å²) in [5.41, 5.74) is 1.19. The Balaban J connectivity index is 2.14. The Morgan fingerprint density at radius 2 is 1.89 bits per heavy atom. The first-order valence-electron chi connectivity index (χ1n) is 8.66. The zero-order valence-electron chi connectivity index (χ0n) is 15.0. The Bertz CT molecular complexity index is 877. The fraction of sp³-hybridized carbons (Fsp3) is 0.286. The van der Waals surface area contributed by atoms with Gasteiger partial charge in [-0.2, -0.15) is 0 Å². The van der Waals surface area contributed by atoms with Gasteiger partial charge in [0.15, 0.2) is 11.7 Å². The number of benzene rings is 2. The predicted molar refractivity (Wildman–Crippen MR) is 103 cm³/mol. The highest BCUT2D eigenvalue weighted by Gasteiger charge is 2.48. The van der Waals surface area contributed by atoms with Crippen LogP contribution in [0.15, 0.2) is 53.0 Å². The minimum absolute atomic E-state index is 0.113. The molecule has 1 aliphatic rings. The lowest BCUT2D eigenvalue weighted by Crippen LogP contribution is -2.42. The molecule has 0 aromatic heterocycles. The highest BCUT2D eigenvalue weighted by atomic mass is 79.9. The average molecular weight is 431 g/mol. The van der Waals surface area contributed by atoms with Gasteiger partial charge in [0, 0.05) is 27.4 Å². The van der Waals surface area contributed by atoms with Crippen molar-refractivity contribution in [2.24, 2.45) is 11.8 Å². The SMILES string of the molecule is CC[C@@H](C(=O)c1ccccc1)[C@@H]1c2cc(Br)ccc2OC(=O)[C@@H]1C(=O)OC. The maximum absolute atomic E-state index is 13.2. The molecule has 140 valence electrons. The standard InChI is InChI=1S/C21H19BrO5/c1-3-14(19(23)12-7-5-4-6-8-12)17-15-11-13(22)9-10-16(15)27-21(25)18(17)20(24)26-2/h4-11,14,17-18H,3H2,1-2H3/t14-,17-,18+/m1/s1. The van der Waals surface area contributed by atoms with E-state index >= 15 is 0 Å². The van der Waals surface area contributed by atoms with Gasteiger partial charge < -0.3 is 9.47 Å². The zero-order chi connectivity index (χ0) is 19.6. The number of carbonyl (C=O) groups excluding carboxylic acids is 3. The van der Waals surface area contributed by atoms with Crippen LogP contribution in [0, 0.1) is 11.8 Å². The molecule has 0 amide bonds. The van der Waals surface area contributed by atoms with Gasteiger partial charge in [-0.05, 0) is 24.6 Å². The Hall–Kier alpha value is -2.47. The van der Waals surface area contributed by atoms with Crippen LogP contribution in [0.3, 0.4) is 0 Å². The summed E-state index contributed by atoms with van der Waals surface area (Å²) in [5.74, 6) is -3.56. The van der Waals surface area contributed by atoms with Crippen molar-refractivity contribution in [2.75, 3.05) is 7.11 Å². The second-order valence-corrected chi connectivity index (χ2v) is 7.29. The van der Waals surface area contributed by atoms with Crippen molar-refractivity contribution in [1.82, 2.24) is 0 Å². The van der Waals surface area contributed by atoms with Crippen LogP contribution in [0.2, 0.25) is 0 Å². The molecule has 0 aliphatic carbocycles. The van der Waals surface area contributed by atoms with Gasteiger partial charge in [-0.25, -0.2) is 0 Å². The Labute approximate surface area is 165 Å². The molecule has 0 fully saturated rings. The largest absolute Gasteiger partial charge is 0.468 e. The predicted octanol–water partition coefficient (Wildman–Crippen LogP) is 4.15. The smallest absolute Gasteiger partial charge is 0.326 e. The number of hydrogen-bond donors (Lipinski definition) is 0. The molecule has 0 spiro atoms. The first-order chi connectivity index (χ1) is 13.0. The highest BCUT2D eigenvalue weighted by molar-refractivity contribution is 9.10. The maximum atomic E-state index is 13.2. The van der Waals surface area contributed by atoms with Gasteiger partial charge in [-0.3, -0.25) is 14.4 Å². The Kier molecular flexibility index (Phi) is 5.75. The van der Waals surface area contributed by atoms with E-state index in [1.807, 2.05) is 13.0 Å². The molecule has 0 bridgehead atoms. The van der Waals surface area contributed by atoms with E-state index in [0.29, 0.717) is 23.3 Å². The fourth-order valence-corrected chi connectivity index (χ4v) is 3.99. The molecule has 6 heteroatoms. The summed E-state index contributed by atoms with van der Waals surface area (Å²) in [4.78, 5) is 38.2. The average Bonchev–Trinajstić information content (AvgIpc) is 2.69. The van der Waals surface area contributed by atoms with E-state index in [1.165, 1.54) is 7.11 Å². The lowest BCUT2D eigenvalue weighted by Gasteiger charge is -2.34. The summed E-state index contributed by atoms with van der Waals surface area (Å²) in [7, 11) is 1.23.